The highest BCUT2D eigenvalue weighted by Crippen LogP contribution is 2.30. The molecule has 1 aromatic carbocycles. The Kier molecular flexibility index (Phi) is 4.98. The Morgan fingerprint density at radius 1 is 1.52 bits per heavy atom. The Bertz CT molecular complexity index is 641. The molecule has 7 heteroatoms. The summed E-state index contributed by atoms with van der Waals surface area (Å²) in [5.74, 6) is -0.0963. The lowest BCUT2D eigenvalue weighted by atomic mass is 10.2. The molecule has 2 rings (SSSR count). The lowest BCUT2D eigenvalue weighted by Gasteiger charge is -2.16. The van der Waals surface area contributed by atoms with Gasteiger partial charge in [-0.15, -0.1) is 11.3 Å². The second-order valence-corrected chi connectivity index (χ2v) is 6.02. The fourth-order valence-corrected chi connectivity index (χ4v) is 2.82. The van der Waals surface area contributed by atoms with Crippen molar-refractivity contribution in [2.75, 3.05) is 31.3 Å². The van der Waals surface area contributed by atoms with Crippen molar-refractivity contribution >= 4 is 38.8 Å². The highest BCUT2D eigenvalue weighted by atomic mass is 32.1. The van der Waals surface area contributed by atoms with E-state index in [9.17, 15) is 4.79 Å². The molecule has 21 heavy (non-hydrogen) atoms. The molecule has 0 saturated carbocycles. The number of nitrogens with one attached hydrogen (secondary N) is 2. The number of nitrogens with zero attached hydrogens (tertiary/aromatic N) is 1. The monoisotopic (exact) mass is 308 g/mol. The lowest BCUT2D eigenvalue weighted by molar-refractivity contribution is -0.121. The third kappa shape index (κ3) is 3.83. The average molecular weight is 308 g/mol. The topological polar surface area (TPSA) is 89.3 Å². The van der Waals surface area contributed by atoms with E-state index in [4.69, 9.17) is 10.5 Å². The number of thiazole rings is 1. The van der Waals surface area contributed by atoms with E-state index in [2.05, 4.69) is 15.6 Å². The molecule has 2 aromatic rings. The van der Waals surface area contributed by atoms with Gasteiger partial charge in [0.2, 0.25) is 5.91 Å². The molecule has 4 N–H and O–H groups in total. The molecule has 0 spiro atoms. The van der Waals surface area contributed by atoms with Crippen LogP contribution in [0.1, 0.15) is 11.9 Å². The van der Waals surface area contributed by atoms with Crippen molar-refractivity contribution in [1.29, 1.82) is 0 Å². The molecule has 1 unspecified atom stereocenters. The summed E-state index contributed by atoms with van der Waals surface area (Å²) in [6.45, 7) is 4.73. The molecule has 114 valence electrons. The van der Waals surface area contributed by atoms with Gasteiger partial charge in [-0.3, -0.25) is 4.79 Å². The first-order chi connectivity index (χ1) is 10.0. The highest BCUT2D eigenvalue weighted by Gasteiger charge is 2.14. The summed E-state index contributed by atoms with van der Waals surface area (Å²) in [7, 11) is 1.60. The fourth-order valence-electron chi connectivity index (χ4n) is 1.96. The largest absolute Gasteiger partial charge is 0.397 e. The summed E-state index contributed by atoms with van der Waals surface area (Å²) in [6, 6.07) is 3.38. The van der Waals surface area contributed by atoms with E-state index < -0.39 is 0 Å². The number of ether oxygens (including phenoxy) is 1. The fraction of sp³-hybridized carbons (Fsp3) is 0.429. The van der Waals surface area contributed by atoms with Crippen molar-refractivity contribution in [3.8, 4) is 0 Å². The Morgan fingerprint density at radius 3 is 3.00 bits per heavy atom. The van der Waals surface area contributed by atoms with Crippen LogP contribution in [0.2, 0.25) is 0 Å². The quantitative estimate of drug-likeness (QED) is 0.559. The van der Waals surface area contributed by atoms with E-state index in [-0.39, 0.29) is 11.9 Å². The zero-order valence-corrected chi connectivity index (χ0v) is 13.2. The molecule has 0 radical (unpaired) electrons. The number of hydrogen-bond donors (Lipinski definition) is 3. The number of aromatic nitrogens is 1. The third-order valence-electron chi connectivity index (χ3n) is 3.04. The van der Waals surface area contributed by atoms with Crippen LogP contribution in [0.4, 0.5) is 11.4 Å². The molecule has 6 nitrogen and oxygen atoms in total. The maximum absolute atomic E-state index is 11.9. The van der Waals surface area contributed by atoms with Crippen molar-refractivity contribution in [3.63, 3.8) is 0 Å². The Hall–Kier alpha value is -1.86. The van der Waals surface area contributed by atoms with Gasteiger partial charge in [0.15, 0.2) is 0 Å². The zero-order valence-electron chi connectivity index (χ0n) is 12.4. The number of aryl methyl sites for hydroxylation is 1. The van der Waals surface area contributed by atoms with Gasteiger partial charge >= 0.3 is 0 Å². The van der Waals surface area contributed by atoms with Crippen LogP contribution < -0.4 is 16.4 Å². The van der Waals surface area contributed by atoms with Gasteiger partial charge in [0, 0.05) is 13.7 Å². The van der Waals surface area contributed by atoms with Gasteiger partial charge in [-0.2, -0.15) is 0 Å². The van der Waals surface area contributed by atoms with Gasteiger partial charge in [0.05, 0.1) is 33.2 Å². The van der Waals surface area contributed by atoms with Crippen LogP contribution in [0.3, 0.4) is 0 Å². The minimum absolute atomic E-state index is 0.0963. The second kappa shape index (κ2) is 6.73. The number of nitrogen functional groups attached to an aromatic ring is 1. The maximum Gasteiger partial charge on any atom is 0.242 e. The van der Waals surface area contributed by atoms with Gasteiger partial charge in [0.1, 0.15) is 6.04 Å². The molecule has 0 fully saturated rings. The molecule has 1 heterocycles. The molecule has 1 atom stereocenters. The first-order valence-electron chi connectivity index (χ1n) is 6.71. The molecule has 0 aliphatic heterocycles. The predicted molar refractivity (Wildman–Crippen MR) is 86.7 cm³/mol. The Morgan fingerprint density at radius 2 is 2.29 bits per heavy atom. The summed E-state index contributed by atoms with van der Waals surface area (Å²) < 4.78 is 5.95. The number of nitrogens with two attached hydrogens (primary N) is 1. The lowest BCUT2D eigenvalue weighted by Crippen LogP contribution is -2.39. The highest BCUT2D eigenvalue weighted by molar-refractivity contribution is 7.18. The minimum atomic E-state index is -0.388. The predicted octanol–water partition coefficient (Wildman–Crippen LogP) is 1.75. The number of amides is 1. The van der Waals surface area contributed by atoms with Gasteiger partial charge < -0.3 is 21.1 Å². The molecule has 0 saturated heterocycles. The number of rotatable bonds is 6. The van der Waals surface area contributed by atoms with Crippen molar-refractivity contribution in [2.24, 2.45) is 0 Å². The molecular weight excluding hydrogens is 288 g/mol. The standard InChI is InChI=1S/C14H20N4O2S/c1-8(14(19)16-4-5-20-3)17-11-7-12-13(6-10(11)15)21-9(2)18-12/h6-8,17H,4-5,15H2,1-3H3,(H,16,19). The van der Waals surface area contributed by atoms with Crippen molar-refractivity contribution in [3.05, 3.63) is 17.1 Å². The van der Waals surface area contributed by atoms with E-state index in [0.717, 1.165) is 20.9 Å². The van der Waals surface area contributed by atoms with E-state index in [1.54, 1.807) is 25.4 Å². The van der Waals surface area contributed by atoms with Crippen LogP contribution in [0.5, 0.6) is 0 Å². The number of hydrogen-bond acceptors (Lipinski definition) is 6. The summed E-state index contributed by atoms with van der Waals surface area (Å²) in [4.78, 5) is 16.4. The smallest absolute Gasteiger partial charge is 0.242 e. The first kappa shape index (κ1) is 15.5. The van der Waals surface area contributed by atoms with E-state index in [1.807, 2.05) is 19.1 Å². The number of benzene rings is 1. The van der Waals surface area contributed by atoms with Crippen LogP contribution in [0.15, 0.2) is 12.1 Å². The number of fused-ring (bicyclic) bond motifs is 1. The molecule has 1 amide bonds. The summed E-state index contributed by atoms with van der Waals surface area (Å²) in [5, 5.41) is 6.90. The van der Waals surface area contributed by atoms with Crippen molar-refractivity contribution in [1.82, 2.24) is 10.3 Å². The molecule has 0 aliphatic rings. The van der Waals surface area contributed by atoms with Crippen molar-refractivity contribution in [2.45, 2.75) is 19.9 Å². The molecule has 0 bridgehead atoms. The van der Waals surface area contributed by atoms with Crippen LogP contribution in [-0.4, -0.2) is 37.2 Å². The SMILES string of the molecule is COCCNC(=O)C(C)Nc1cc2nc(C)sc2cc1N. The van der Waals surface area contributed by atoms with Gasteiger partial charge in [0.25, 0.3) is 0 Å². The number of anilines is 2. The van der Waals surface area contributed by atoms with Crippen LogP contribution in [-0.2, 0) is 9.53 Å². The minimum Gasteiger partial charge on any atom is -0.397 e. The summed E-state index contributed by atoms with van der Waals surface area (Å²) in [6.07, 6.45) is 0. The van der Waals surface area contributed by atoms with Gasteiger partial charge in [-0.25, -0.2) is 4.98 Å². The van der Waals surface area contributed by atoms with E-state index in [1.165, 1.54) is 0 Å². The number of methoxy groups -OCH3 is 1. The molecule has 1 aromatic heterocycles. The molecule has 0 aliphatic carbocycles. The first-order valence-corrected chi connectivity index (χ1v) is 7.52. The number of carbonyl (C=O) groups is 1. The summed E-state index contributed by atoms with van der Waals surface area (Å²) in [5.41, 5.74) is 8.26. The van der Waals surface area contributed by atoms with Gasteiger partial charge in [-0.05, 0) is 26.0 Å². The second-order valence-electron chi connectivity index (χ2n) is 4.79. The van der Waals surface area contributed by atoms with E-state index in [0.29, 0.717) is 18.8 Å². The van der Waals surface area contributed by atoms with Crippen LogP contribution in [0.25, 0.3) is 10.2 Å². The average Bonchev–Trinajstić information content (AvgIpc) is 2.78. The van der Waals surface area contributed by atoms with Crippen molar-refractivity contribution < 1.29 is 9.53 Å². The number of carbonyl (C=O) groups excluding carboxylic acids is 1. The zero-order chi connectivity index (χ0) is 15.4. The van der Waals surface area contributed by atoms with E-state index >= 15 is 0 Å². The third-order valence-corrected chi connectivity index (χ3v) is 3.97. The van der Waals surface area contributed by atoms with Gasteiger partial charge in [-0.1, -0.05) is 0 Å². The van der Waals surface area contributed by atoms with Crippen LogP contribution >= 0.6 is 11.3 Å². The Labute approximate surface area is 127 Å². The summed E-state index contributed by atoms with van der Waals surface area (Å²) >= 11 is 1.60. The Balaban J connectivity index is 2.07. The normalized spacial score (nSPS) is 12.3. The maximum atomic E-state index is 11.9. The van der Waals surface area contributed by atoms with Crippen LogP contribution in [0, 0.1) is 6.92 Å². The molecular formula is C14H20N4O2S.